The number of nitrogens with zero attached hydrogens (tertiary/aromatic N) is 2. The Labute approximate surface area is 98.8 Å². The van der Waals surface area contributed by atoms with Crippen LogP contribution in [-0.2, 0) is 0 Å². The Bertz CT molecular complexity index is 325. The number of hydrogen-bond donors (Lipinski definition) is 1. The zero-order valence-corrected chi connectivity index (χ0v) is 10.5. The maximum absolute atomic E-state index is 4.20. The van der Waals surface area contributed by atoms with Crippen LogP contribution in [0.2, 0.25) is 0 Å². The molecule has 82 valence electrons. The van der Waals surface area contributed by atoms with Gasteiger partial charge in [0.25, 0.3) is 0 Å². The molecule has 1 saturated carbocycles. The van der Waals surface area contributed by atoms with E-state index in [1.165, 1.54) is 19.3 Å². The first-order valence-corrected chi connectivity index (χ1v) is 6.31. The first kappa shape index (κ1) is 10.9. The second-order valence-electron chi connectivity index (χ2n) is 4.15. The Hall–Kier alpha value is -0.640. The first-order chi connectivity index (χ1) is 7.28. The van der Waals surface area contributed by atoms with Crippen molar-refractivity contribution in [2.24, 2.45) is 5.92 Å². The van der Waals surface area contributed by atoms with Crippen molar-refractivity contribution in [1.82, 2.24) is 9.97 Å². The lowest BCUT2D eigenvalue weighted by Crippen LogP contribution is -2.19. The van der Waals surface area contributed by atoms with Crippen LogP contribution in [0.5, 0.6) is 0 Å². The highest BCUT2D eigenvalue weighted by Crippen LogP contribution is 2.34. The van der Waals surface area contributed by atoms with Crippen LogP contribution < -0.4 is 5.32 Å². The van der Waals surface area contributed by atoms with Crippen LogP contribution in [0.25, 0.3) is 0 Å². The molecule has 0 saturated heterocycles. The van der Waals surface area contributed by atoms with Crippen LogP contribution >= 0.6 is 15.9 Å². The highest BCUT2D eigenvalue weighted by atomic mass is 79.9. The summed E-state index contributed by atoms with van der Waals surface area (Å²) in [7, 11) is 0. The monoisotopic (exact) mass is 269 g/mol. The van der Waals surface area contributed by atoms with Gasteiger partial charge in [0.2, 0.25) is 0 Å². The van der Waals surface area contributed by atoms with E-state index in [0.717, 1.165) is 22.8 Å². The molecule has 1 heterocycles. The second kappa shape index (κ2) is 4.92. The molecule has 0 amide bonds. The molecule has 0 aromatic carbocycles. The number of nitrogens with one attached hydrogen (secondary N) is 1. The van der Waals surface area contributed by atoms with Gasteiger partial charge < -0.3 is 5.32 Å². The zero-order chi connectivity index (χ0) is 10.7. The Morgan fingerprint density at radius 1 is 1.53 bits per heavy atom. The van der Waals surface area contributed by atoms with Crippen molar-refractivity contribution in [3.63, 3.8) is 0 Å². The molecule has 4 heteroatoms. The van der Waals surface area contributed by atoms with E-state index in [4.69, 9.17) is 0 Å². The summed E-state index contributed by atoms with van der Waals surface area (Å²) >= 11 is 3.35. The third kappa shape index (κ3) is 3.45. The SMILES string of the molecule is CCC(CC1CC1)Nc1cc(Br)ncn1. The van der Waals surface area contributed by atoms with Crippen molar-refractivity contribution < 1.29 is 0 Å². The molecule has 15 heavy (non-hydrogen) atoms. The first-order valence-electron chi connectivity index (χ1n) is 5.52. The van der Waals surface area contributed by atoms with E-state index >= 15 is 0 Å². The molecule has 1 unspecified atom stereocenters. The predicted molar refractivity (Wildman–Crippen MR) is 64.8 cm³/mol. The lowest BCUT2D eigenvalue weighted by Gasteiger charge is -2.16. The van der Waals surface area contributed by atoms with E-state index in [1.807, 2.05) is 6.07 Å². The highest BCUT2D eigenvalue weighted by Gasteiger charge is 2.24. The molecule has 1 atom stereocenters. The summed E-state index contributed by atoms with van der Waals surface area (Å²) in [5, 5.41) is 3.46. The van der Waals surface area contributed by atoms with Crippen LogP contribution in [-0.4, -0.2) is 16.0 Å². The Morgan fingerprint density at radius 3 is 2.93 bits per heavy atom. The summed E-state index contributed by atoms with van der Waals surface area (Å²) in [4.78, 5) is 8.21. The summed E-state index contributed by atoms with van der Waals surface area (Å²) in [6, 6.07) is 2.48. The third-order valence-corrected chi connectivity index (χ3v) is 3.23. The van der Waals surface area contributed by atoms with Crippen LogP contribution in [0.15, 0.2) is 17.0 Å². The van der Waals surface area contributed by atoms with Gasteiger partial charge in [0.05, 0.1) is 0 Å². The molecule has 0 aliphatic heterocycles. The van der Waals surface area contributed by atoms with Gasteiger partial charge in [0.1, 0.15) is 16.7 Å². The van der Waals surface area contributed by atoms with Crippen molar-refractivity contribution in [2.75, 3.05) is 5.32 Å². The topological polar surface area (TPSA) is 37.8 Å². The van der Waals surface area contributed by atoms with Crippen molar-refractivity contribution in [3.05, 3.63) is 17.0 Å². The smallest absolute Gasteiger partial charge is 0.130 e. The van der Waals surface area contributed by atoms with E-state index in [9.17, 15) is 0 Å². The fourth-order valence-electron chi connectivity index (χ4n) is 1.71. The minimum Gasteiger partial charge on any atom is -0.367 e. The van der Waals surface area contributed by atoms with Crippen molar-refractivity contribution in [1.29, 1.82) is 0 Å². The molecular weight excluding hydrogens is 254 g/mol. The van der Waals surface area contributed by atoms with E-state index in [0.29, 0.717) is 6.04 Å². The summed E-state index contributed by atoms with van der Waals surface area (Å²) < 4.78 is 0.835. The van der Waals surface area contributed by atoms with E-state index < -0.39 is 0 Å². The number of halogens is 1. The van der Waals surface area contributed by atoms with Gasteiger partial charge in [-0.2, -0.15) is 0 Å². The highest BCUT2D eigenvalue weighted by molar-refractivity contribution is 9.10. The van der Waals surface area contributed by atoms with Gasteiger partial charge in [-0.05, 0) is 34.7 Å². The molecule has 3 nitrogen and oxygen atoms in total. The van der Waals surface area contributed by atoms with Gasteiger partial charge in [0, 0.05) is 12.1 Å². The molecule has 1 fully saturated rings. The fourth-order valence-corrected chi connectivity index (χ4v) is 2.01. The quantitative estimate of drug-likeness (QED) is 0.835. The van der Waals surface area contributed by atoms with Crippen molar-refractivity contribution in [3.8, 4) is 0 Å². The molecule has 1 aliphatic carbocycles. The molecule has 0 bridgehead atoms. The Kier molecular flexibility index (Phi) is 3.57. The van der Waals surface area contributed by atoms with Crippen LogP contribution in [0.3, 0.4) is 0 Å². The Balaban J connectivity index is 1.92. The summed E-state index contributed by atoms with van der Waals surface area (Å²) in [5.74, 6) is 1.87. The van der Waals surface area contributed by atoms with Gasteiger partial charge in [0.15, 0.2) is 0 Å². The lowest BCUT2D eigenvalue weighted by atomic mass is 10.1. The normalized spacial score (nSPS) is 17.5. The van der Waals surface area contributed by atoms with Gasteiger partial charge in [-0.25, -0.2) is 9.97 Å². The van der Waals surface area contributed by atoms with Crippen LogP contribution in [0.1, 0.15) is 32.6 Å². The maximum Gasteiger partial charge on any atom is 0.130 e. The molecule has 1 aromatic heterocycles. The maximum atomic E-state index is 4.20. The van der Waals surface area contributed by atoms with Gasteiger partial charge in [-0.15, -0.1) is 0 Å². The molecule has 1 aromatic rings. The van der Waals surface area contributed by atoms with E-state index in [-0.39, 0.29) is 0 Å². The van der Waals surface area contributed by atoms with Crippen LogP contribution in [0.4, 0.5) is 5.82 Å². The molecule has 1 N–H and O–H groups in total. The minimum absolute atomic E-state index is 0.555. The number of rotatable bonds is 5. The van der Waals surface area contributed by atoms with E-state index in [1.54, 1.807) is 6.33 Å². The van der Waals surface area contributed by atoms with E-state index in [2.05, 4.69) is 38.1 Å². The third-order valence-electron chi connectivity index (χ3n) is 2.79. The van der Waals surface area contributed by atoms with Gasteiger partial charge >= 0.3 is 0 Å². The Morgan fingerprint density at radius 2 is 2.33 bits per heavy atom. The fraction of sp³-hybridized carbons (Fsp3) is 0.636. The average Bonchev–Trinajstić information content (AvgIpc) is 3.01. The largest absolute Gasteiger partial charge is 0.367 e. The van der Waals surface area contributed by atoms with Crippen LogP contribution in [0, 0.1) is 5.92 Å². The standard InChI is InChI=1S/C11H16BrN3/c1-2-9(5-8-3-4-8)15-11-6-10(12)13-7-14-11/h6-9H,2-5H2,1H3,(H,13,14,15). The zero-order valence-electron chi connectivity index (χ0n) is 8.91. The lowest BCUT2D eigenvalue weighted by molar-refractivity contribution is 0.585. The molecule has 0 radical (unpaired) electrons. The average molecular weight is 270 g/mol. The number of aromatic nitrogens is 2. The van der Waals surface area contributed by atoms with Gasteiger partial charge in [-0.1, -0.05) is 19.8 Å². The summed E-state index contributed by atoms with van der Waals surface area (Å²) in [6.45, 7) is 2.22. The molecule has 2 rings (SSSR count). The molecule has 1 aliphatic rings. The van der Waals surface area contributed by atoms with Gasteiger partial charge in [-0.3, -0.25) is 0 Å². The molecular formula is C11H16BrN3. The minimum atomic E-state index is 0.555. The number of anilines is 1. The number of hydrogen-bond acceptors (Lipinski definition) is 3. The van der Waals surface area contributed by atoms with Crippen molar-refractivity contribution in [2.45, 2.75) is 38.6 Å². The molecule has 0 spiro atoms. The van der Waals surface area contributed by atoms with Crippen molar-refractivity contribution >= 4 is 21.7 Å². The summed E-state index contributed by atoms with van der Waals surface area (Å²) in [6.07, 6.45) is 6.82. The summed E-state index contributed by atoms with van der Waals surface area (Å²) in [5.41, 5.74) is 0. The predicted octanol–water partition coefficient (Wildman–Crippen LogP) is 3.23. The second-order valence-corrected chi connectivity index (χ2v) is 4.97.